The first-order chi connectivity index (χ1) is 8.91. The summed E-state index contributed by atoms with van der Waals surface area (Å²) in [7, 11) is 1.38. The van der Waals surface area contributed by atoms with Crippen LogP contribution in [-0.4, -0.2) is 27.2 Å². The summed E-state index contributed by atoms with van der Waals surface area (Å²) in [5.41, 5.74) is 0.143. The third-order valence-corrected chi connectivity index (χ3v) is 3.28. The molecule has 19 heavy (non-hydrogen) atoms. The second-order valence-electron chi connectivity index (χ2n) is 3.45. The van der Waals surface area contributed by atoms with Crippen LogP contribution in [0.5, 0.6) is 5.88 Å². The zero-order valence-electron chi connectivity index (χ0n) is 9.55. The van der Waals surface area contributed by atoms with Gasteiger partial charge in [0.25, 0.3) is 0 Å². The van der Waals surface area contributed by atoms with Crippen LogP contribution in [0.25, 0.3) is 0 Å². The highest BCUT2D eigenvalue weighted by atomic mass is 32.1. The maximum absolute atomic E-state index is 12.4. The summed E-state index contributed by atoms with van der Waals surface area (Å²) in [4.78, 5) is 10.8. The van der Waals surface area contributed by atoms with Crippen molar-refractivity contribution in [3.8, 4) is 5.88 Å². The van der Waals surface area contributed by atoms with Crippen LogP contribution < -0.4 is 4.74 Å². The molecule has 0 aromatic carbocycles. The van der Waals surface area contributed by atoms with Crippen molar-refractivity contribution in [2.75, 3.05) is 7.11 Å². The predicted molar refractivity (Wildman–Crippen MR) is 59.8 cm³/mol. The smallest absolute Gasteiger partial charge is 0.443 e. The summed E-state index contributed by atoms with van der Waals surface area (Å²) in [6, 6.07) is 1.34. The van der Waals surface area contributed by atoms with Gasteiger partial charge in [0.2, 0.25) is 5.88 Å². The van der Waals surface area contributed by atoms with E-state index in [-0.39, 0.29) is 16.5 Å². The van der Waals surface area contributed by atoms with Gasteiger partial charge < -0.3 is 9.84 Å². The Bertz CT molecular complexity index is 573. The molecule has 9 heteroatoms. The van der Waals surface area contributed by atoms with Crippen molar-refractivity contribution in [2.24, 2.45) is 0 Å². The number of halogens is 3. The van der Waals surface area contributed by atoms with Crippen molar-refractivity contribution in [3.63, 3.8) is 0 Å². The van der Waals surface area contributed by atoms with E-state index in [4.69, 9.17) is 4.74 Å². The van der Waals surface area contributed by atoms with Crippen LogP contribution in [0.4, 0.5) is 13.2 Å². The number of rotatable bonds is 3. The molecule has 1 atom stereocenters. The van der Waals surface area contributed by atoms with Crippen molar-refractivity contribution in [1.82, 2.24) is 15.0 Å². The average Bonchev–Trinajstić information content (AvgIpc) is 2.87. The number of aliphatic hydroxyl groups excluding tert-OH is 1. The van der Waals surface area contributed by atoms with Gasteiger partial charge in [-0.05, 0) is 0 Å². The van der Waals surface area contributed by atoms with Gasteiger partial charge >= 0.3 is 6.18 Å². The lowest BCUT2D eigenvalue weighted by atomic mass is 10.2. The molecule has 0 radical (unpaired) electrons. The van der Waals surface area contributed by atoms with Crippen LogP contribution in [0.3, 0.4) is 0 Å². The number of hydrogen-bond acceptors (Lipinski definition) is 6. The van der Waals surface area contributed by atoms with Crippen molar-refractivity contribution < 1.29 is 23.0 Å². The summed E-state index contributed by atoms with van der Waals surface area (Å²) in [5, 5.41) is 8.94. The molecular formula is C10H8F3N3O2S. The minimum absolute atomic E-state index is 0.0491. The van der Waals surface area contributed by atoms with Crippen molar-refractivity contribution >= 4 is 11.3 Å². The summed E-state index contributed by atoms with van der Waals surface area (Å²) in [5.74, 6) is 0.213. The number of nitrogens with zero attached hydrogens (tertiary/aromatic N) is 3. The molecule has 0 spiro atoms. The van der Waals surface area contributed by atoms with Gasteiger partial charge in [0.1, 0.15) is 12.4 Å². The van der Waals surface area contributed by atoms with E-state index in [0.717, 1.165) is 12.5 Å². The van der Waals surface area contributed by atoms with Gasteiger partial charge in [-0.25, -0.2) is 15.0 Å². The van der Waals surface area contributed by atoms with E-state index in [0.29, 0.717) is 11.3 Å². The molecule has 1 unspecified atom stereocenters. The van der Waals surface area contributed by atoms with E-state index in [1.807, 2.05) is 0 Å². The van der Waals surface area contributed by atoms with Crippen LogP contribution in [0, 0.1) is 0 Å². The fourth-order valence-corrected chi connectivity index (χ4v) is 2.09. The van der Waals surface area contributed by atoms with E-state index in [1.54, 1.807) is 0 Å². The lowest BCUT2D eigenvalue weighted by Crippen LogP contribution is -2.03. The number of alkyl halides is 3. The number of ether oxygens (including phenoxy) is 1. The Kier molecular flexibility index (Phi) is 3.67. The monoisotopic (exact) mass is 291 g/mol. The Morgan fingerprint density at radius 2 is 2.05 bits per heavy atom. The summed E-state index contributed by atoms with van der Waals surface area (Å²) >= 11 is 0.369. The SMILES string of the molecule is COc1cc(C(O)c2cnc(C(F)(F)F)s2)ncn1. The minimum atomic E-state index is -4.52. The molecule has 2 heterocycles. The number of hydrogen-bond donors (Lipinski definition) is 1. The van der Waals surface area contributed by atoms with Crippen molar-refractivity contribution in [2.45, 2.75) is 12.3 Å². The molecule has 2 rings (SSSR count). The number of aromatic nitrogens is 3. The first kappa shape index (κ1) is 13.7. The van der Waals surface area contributed by atoms with Gasteiger partial charge in [-0.2, -0.15) is 13.2 Å². The number of thiazole rings is 1. The van der Waals surface area contributed by atoms with E-state index in [9.17, 15) is 18.3 Å². The highest BCUT2D eigenvalue weighted by Gasteiger charge is 2.35. The third kappa shape index (κ3) is 2.99. The fraction of sp³-hybridized carbons (Fsp3) is 0.300. The van der Waals surface area contributed by atoms with Gasteiger partial charge in [0.05, 0.1) is 17.7 Å². The zero-order valence-corrected chi connectivity index (χ0v) is 10.4. The lowest BCUT2D eigenvalue weighted by molar-refractivity contribution is -0.137. The molecule has 5 nitrogen and oxygen atoms in total. The molecule has 0 saturated carbocycles. The molecule has 0 fully saturated rings. The van der Waals surface area contributed by atoms with Gasteiger partial charge in [0, 0.05) is 12.3 Å². The Labute approximate surface area is 109 Å². The quantitative estimate of drug-likeness (QED) is 0.937. The number of aliphatic hydroxyl groups is 1. The predicted octanol–water partition coefficient (Wildman–Crippen LogP) is 2.04. The lowest BCUT2D eigenvalue weighted by Gasteiger charge is -2.08. The molecule has 0 saturated heterocycles. The van der Waals surface area contributed by atoms with Crippen LogP contribution in [0.15, 0.2) is 18.6 Å². The van der Waals surface area contributed by atoms with Crippen LogP contribution in [-0.2, 0) is 6.18 Å². The van der Waals surface area contributed by atoms with Gasteiger partial charge in [-0.3, -0.25) is 0 Å². The highest BCUT2D eigenvalue weighted by Crippen LogP contribution is 2.35. The summed E-state index contributed by atoms with van der Waals surface area (Å²) < 4.78 is 42.1. The Balaban J connectivity index is 2.28. The topological polar surface area (TPSA) is 68.1 Å². The molecule has 0 amide bonds. The molecule has 0 bridgehead atoms. The second-order valence-corrected chi connectivity index (χ2v) is 4.52. The molecule has 0 aliphatic heterocycles. The van der Waals surface area contributed by atoms with Crippen LogP contribution in [0.1, 0.15) is 21.7 Å². The first-order valence-corrected chi connectivity index (χ1v) is 5.80. The fourth-order valence-electron chi connectivity index (χ4n) is 1.30. The average molecular weight is 291 g/mol. The van der Waals surface area contributed by atoms with Gasteiger partial charge in [-0.1, -0.05) is 0 Å². The molecule has 0 aliphatic carbocycles. The van der Waals surface area contributed by atoms with Crippen LogP contribution in [0.2, 0.25) is 0 Å². The molecule has 2 aromatic rings. The molecule has 2 aromatic heterocycles. The first-order valence-electron chi connectivity index (χ1n) is 4.98. The molecular weight excluding hydrogens is 283 g/mol. The Hall–Kier alpha value is -1.74. The molecule has 0 aliphatic rings. The highest BCUT2D eigenvalue weighted by molar-refractivity contribution is 7.11. The maximum atomic E-state index is 12.4. The van der Waals surface area contributed by atoms with Crippen molar-refractivity contribution in [3.05, 3.63) is 34.2 Å². The zero-order chi connectivity index (χ0) is 14.0. The van der Waals surface area contributed by atoms with Gasteiger partial charge in [-0.15, -0.1) is 11.3 Å². The largest absolute Gasteiger partial charge is 0.481 e. The molecule has 102 valence electrons. The van der Waals surface area contributed by atoms with E-state index < -0.39 is 17.3 Å². The van der Waals surface area contributed by atoms with E-state index in [1.165, 1.54) is 13.2 Å². The standard InChI is InChI=1S/C10H8F3N3O2S/c1-18-7-2-5(15-4-16-7)8(17)6-3-14-9(19-6)10(11,12)13/h2-4,8,17H,1H3. The van der Waals surface area contributed by atoms with Crippen LogP contribution >= 0.6 is 11.3 Å². The third-order valence-electron chi connectivity index (χ3n) is 2.19. The summed E-state index contributed by atoms with van der Waals surface area (Å²) in [6.07, 6.45) is -3.69. The Morgan fingerprint density at radius 1 is 1.32 bits per heavy atom. The summed E-state index contributed by atoms with van der Waals surface area (Å²) in [6.45, 7) is 0. The van der Waals surface area contributed by atoms with E-state index >= 15 is 0 Å². The maximum Gasteiger partial charge on any atom is 0.443 e. The Morgan fingerprint density at radius 3 is 2.63 bits per heavy atom. The van der Waals surface area contributed by atoms with E-state index in [2.05, 4.69) is 15.0 Å². The minimum Gasteiger partial charge on any atom is -0.481 e. The van der Waals surface area contributed by atoms with Gasteiger partial charge in [0.15, 0.2) is 5.01 Å². The number of methoxy groups -OCH3 is 1. The normalized spacial score (nSPS) is 13.3. The second kappa shape index (κ2) is 5.10. The van der Waals surface area contributed by atoms with Crippen molar-refractivity contribution in [1.29, 1.82) is 0 Å². The molecule has 1 N–H and O–H groups in total.